The Morgan fingerprint density at radius 2 is 1.25 bits per heavy atom. The summed E-state index contributed by atoms with van der Waals surface area (Å²) in [6.45, 7) is 0. The lowest BCUT2D eigenvalue weighted by Gasteiger charge is -2.24. The van der Waals surface area contributed by atoms with E-state index in [0.717, 1.165) is 57.4 Å². The number of allylic oxidation sites excluding steroid dienone is 5. The van der Waals surface area contributed by atoms with Gasteiger partial charge in [0.2, 0.25) is 11.9 Å². The van der Waals surface area contributed by atoms with Crippen LogP contribution in [0.15, 0.2) is 176 Å². The summed E-state index contributed by atoms with van der Waals surface area (Å²) in [4.78, 5) is 16.8. The predicted octanol–water partition coefficient (Wildman–Crippen LogP) is 14.6. The number of nitrogens with zero attached hydrogens (tertiary/aromatic N) is 5. The van der Waals surface area contributed by atoms with Gasteiger partial charge in [-0.05, 0) is 83.1 Å². The second-order valence-electron chi connectivity index (χ2n) is 17.3. The zero-order chi connectivity index (χ0) is 41.9. The first-order chi connectivity index (χ1) is 31.7. The quantitative estimate of drug-likeness (QED) is 0.173. The second kappa shape index (κ2) is 14.2. The molecule has 0 amide bonds. The van der Waals surface area contributed by atoms with Crippen LogP contribution in [0.4, 0.5) is 0 Å². The molecule has 3 aliphatic carbocycles. The molecule has 4 aliphatic rings. The van der Waals surface area contributed by atoms with Gasteiger partial charge in [0.05, 0.1) is 16.7 Å². The van der Waals surface area contributed by atoms with Gasteiger partial charge in [0, 0.05) is 70.1 Å². The molecule has 5 nitrogen and oxygen atoms in total. The maximum Gasteiger partial charge on any atom is 0.240 e. The van der Waals surface area contributed by atoms with Crippen LogP contribution in [0.1, 0.15) is 34.2 Å². The third kappa shape index (κ3) is 5.47. The van der Waals surface area contributed by atoms with Crippen molar-refractivity contribution in [2.75, 3.05) is 0 Å². The van der Waals surface area contributed by atoms with Gasteiger partial charge in [0.25, 0.3) is 0 Å². The number of aromatic nitrogens is 5. The molecule has 6 aromatic carbocycles. The molecule has 64 heavy (non-hydrogen) atoms. The zero-order valence-electron chi connectivity index (χ0n) is 34.7. The van der Waals surface area contributed by atoms with Gasteiger partial charge in [-0.25, -0.2) is 0 Å². The summed E-state index contributed by atoms with van der Waals surface area (Å²) >= 11 is 3.98. The van der Waals surface area contributed by atoms with Crippen LogP contribution in [0.5, 0.6) is 0 Å². The standard InChI is InChI=1S/C57H39N5S2/c1-3-15-34(16-4-1)36-31-37(35-17-5-2-6-18-35)33-38(32-36)55-58-56(61-45-23-11-7-21-43(45)51-47(61)29-27-41-39-19-9-13-25-49(39)63-53(41)51)60-57(59-55)62-46-24-12-8-22-44(46)52-48(62)30-28-42-40-20-10-14-26-50(40)64-54(42)52/h1-11,13-23,25-33,39,41,49,53H,12,24H2. The lowest BCUT2D eigenvalue weighted by Crippen LogP contribution is -2.18. The van der Waals surface area contributed by atoms with E-state index in [2.05, 4.69) is 209 Å². The number of thioether (sulfide) groups is 1. The van der Waals surface area contributed by atoms with E-state index in [-0.39, 0.29) is 0 Å². The molecule has 1 saturated heterocycles. The molecular weight excluding hydrogens is 819 g/mol. The zero-order valence-corrected chi connectivity index (χ0v) is 36.3. The Kier molecular flexibility index (Phi) is 8.10. The van der Waals surface area contributed by atoms with E-state index in [9.17, 15) is 0 Å². The van der Waals surface area contributed by atoms with E-state index in [1.807, 2.05) is 11.3 Å². The summed E-state index contributed by atoms with van der Waals surface area (Å²) in [5, 5.41) is 5.90. The summed E-state index contributed by atoms with van der Waals surface area (Å²) in [7, 11) is 0. The van der Waals surface area contributed by atoms with Crippen molar-refractivity contribution in [2.24, 2.45) is 11.8 Å². The first-order valence-electron chi connectivity index (χ1n) is 22.2. The molecule has 7 heteroatoms. The monoisotopic (exact) mass is 857 g/mol. The highest BCUT2D eigenvalue weighted by Crippen LogP contribution is 2.59. The van der Waals surface area contributed by atoms with E-state index in [1.165, 1.54) is 47.8 Å². The van der Waals surface area contributed by atoms with E-state index < -0.39 is 0 Å². The number of hydrogen-bond acceptors (Lipinski definition) is 5. The Labute approximate surface area is 378 Å². The van der Waals surface area contributed by atoms with Crippen molar-refractivity contribution in [3.63, 3.8) is 0 Å². The van der Waals surface area contributed by atoms with Gasteiger partial charge < -0.3 is 0 Å². The number of rotatable bonds is 5. The van der Waals surface area contributed by atoms with Gasteiger partial charge in [0.1, 0.15) is 0 Å². The average Bonchev–Trinajstić information content (AvgIpc) is 4.12. The van der Waals surface area contributed by atoms with E-state index >= 15 is 0 Å². The second-order valence-corrected chi connectivity index (χ2v) is 19.7. The summed E-state index contributed by atoms with van der Waals surface area (Å²) < 4.78 is 7.28. The Morgan fingerprint density at radius 3 is 2.06 bits per heavy atom. The molecule has 4 aromatic heterocycles. The molecule has 4 atom stereocenters. The lowest BCUT2D eigenvalue weighted by atomic mass is 9.80. The highest BCUT2D eigenvalue weighted by Gasteiger charge is 2.45. The Morgan fingerprint density at radius 1 is 0.547 bits per heavy atom. The molecule has 0 bridgehead atoms. The van der Waals surface area contributed by atoms with Gasteiger partial charge in [-0.3, -0.25) is 9.13 Å². The summed E-state index contributed by atoms with van der Waals surface area (Å²) in [5.41, 5.74) is 12.7. The van der Waals surface area contributed by atoms with Gasteiger partial charge in [0.15, 0.2) is 5.82 Å². The molecule has 4 unspecified atom stereocenters. The number of benzene rings is 6. The smallest absolute Gasteiger partial charge is 0.240 e. The minimum atomic E-state index is 0.321. The summed E-state index contributed by atoms with van der Waals surface area (Å²) in [5.74, 6) is 2.79. The minimum Gasteiger partial charge on any atom is -0.281 e. The molecule has 1 fully saturated rings. The van der Waals surface area contributed by atoms with Crippen molar-refractivity contribution >= 4 is 77.2 Å². The van der Waals surface area contributed by atoms with Crippen LogP contribution in [0, 0.1) is 11.8 Å². The fourth-order valence-electron chi connectivity index (χ4n) is 10.9. The van der Waals surface area contributed by atoms with Gasteiger partial charge in [-0.15, -0.1) is 23.1 Å². The largest absolute Gasteiger partial charge is 0.281 e. The fourth-order valence-corrected chi connectivity index (χ4v) is 14.0. The molecular formula is C57H39N5S2. The van der Waals surface area contributed by atoms with Crippen LogP contribution in [-0.4, -0.2) is 29.3 Å². The van der Waals surface area contributed by atoms with Crippen molar-refractivity contribution in [2.45, 2.75) is 23.3 Å². The number of hydrogen-bond donors (Lipinski definition) is 0. The molecule has 0 radical (unpaired) electrons. The normalized spacial score (nSPS) is 19.4. The number of para-hydroxylation sites is 1. The molecule has 1 aliphatic heterocycles. The van der Waals surface area contributed by atoms with Crippen LogP contribution >= 0.6 is 23.1 Å². The predicted molar refractivity (Wildman–Crippen MR) is 268 cm³/mol. The Balaban J connectivity index is 1.06. The first-order valence-corrected chi connectivity index (χ1v) is 24.0. The maximum absolute atomic E-state index is 5.62. The van der Waals surface area contributed by atoms with Gasteiger partial charge in [-0.2, -0.15) is 15.0 Å². The van der Waals surface area contributed by atoms with Crippen LogP contribution < -0.4 is 0 Å². The van der Waals surface area contributed by atoms with E-state index in [1.54, 1.807) is 0 Å². The molecule has 0 N–H and O–H groups in total. The van der Waals surface area contributed by atoms with Crippen LogP contribution in [0.3, 0.4) is 0 Å². The van der Waals surface area contributed by atoms with Gasteiger partial charge >= 0.3 is 0 Å². The van der Waals surface area contributed by atoms with E-state index in [0.29, 0.717) is 40.1 Å². The number of fused-ring (bicyclic) bond motifs is 14. The molecule has 304 valence electrons. The topological polar surface area (TPSA) is 48.5 Å². The van der Waals surface area contributed by atoms with Crippen molar-refractivity contribution in [1.29, 1.82) is 0 Å². The molecule has 14 rings (SSSR count). The van der Waals surface area contributed by atoms with E-state index in [4.69, 9.17) is 15.0 Å². The van der Waals surface area contributed by atoms with Gasteiger partial charge in [-0.1, -0.05) is 146 Å². The third-order valence-corrected chi connectivity index (χ3v) is 16.6. The summed E-state index contributed by atoms with van der Waals surface area (Å²) in [6, 6.07) is 50.3. The van der Waals surface area contributed by atoms with Crippen LogP contribution in [0.25, 0.3) is 99.7 Å². The lowest BCUT2D eigenvalue weighted by molar-refractivity contribution is 0.506. The molecule has 5 heterocycles. The van der Waals surface area contributed by atoms with Crippen LogP contribution in [-0.2, 0) is 6.42 Å². The van der Waals surface area contributed by atoms with Crippen molar-refractivity contribution in [3.8, 4) is 45.5 Å². The van der Waals surface area contributed by atoms with Crippen molar-refractivity contribution in [1.82, 2.24) is 24.1 Å². The highest BCUT2D eigenvalue weighted by molar-refractivity contribution is 8.00. The van der Waals surface area contributed by atoms with Crippen LogP contribution in [0.2, 0.25) is 0 Å². The third-order valence-electron chi connectivity index (χ3n) is 13.8. The average molecular weight is 858 g/mol. The minimum absolute atomic E-state index is 0.321. The fraction of sp³-hybridized carbons (Fsp3) is 0.105. The summed E-state index contributed by atoms with van der Waals surface area (Å²) in [6.07, 6.45) is 20.6. The van der Waals surface area contributed by atoms with Crippen molar-refractivity contribution < 1.29 is 0 Å². The first kappa shape index (κ1) is 36.4. The van der Waals surface area contributed by atoms with Crippen molar-refractivity contribution in [3.05, 3.63) is 198 Å². The Bertz CT molecular complexity index is 3620. The maximum atomic E-state index is 5.62. The number of thiophene rings is 1. The SMILES string of the molecule is C1=CC2SC3c4c(n(-c5nc(-c6cc(-c7ccccc7)cc(-c7ccccc7)c6)nc(-n6c7c(c8c9sc%10ccccc%10c9ccc86)C=CCC7)n5)c5ccccc45)C=CC3C2C=C1. The Hall–Kier alpha value is -7.06. The molecule has 10 aromatic rings. The molecule has 0 spiro atoms. The molecule has 0 saturated carbocycles. The highest BCUT2D eigenvalue weighted by atomic mass is 32.2.